The molecule has 3 rings (SSSR count). The number of hydrogen-bond donors (Lipinski definition) is 4. The number of rotatable bonds is 7. The molecule has 1 aliphatic rings. The van der Waals surface area contributed by atoms with Crippen LogP contribution in [0, 0.1) is 23.7 Å². The molecule has 1 fully saturated rings. The Hall–Kier alpha value is -3.38. The zero-order valence-corrected chi connectivity index (χ0v) is 20.3. The van der Waals surface area contributed by atoms with E-state index in [2.05, 4.69) is 53.1 Å². The summed E-state index contributed by atoms with van der Waals surface area (Å²) in [6, 6.07) is 7.93. The molecule has 0 spiro atoms. The zero-order valence-electron chi connectivity index (χ0n) is 20.3. The predicted octanol–water partition coefficient (Wildman–Crippen LogP) is 3.02. The predicted molar refractivity (Wildman–Crippen MR) is 132 cm³/mol. The molecule has 1 aromatic carbocycles. The van der Waals surface area contributed by atoms with E-state index in [1.807, 2.05) is 24.9 Å². The molecule has 0 radical (unpaired) electrons. The molecule has 9 heteroatoms. The van der Waals surface area contributed by atoms with Crippen molar-refractivity contribution in [1.29, 1.82) is 5.26 Å². The van der Waals surface area contributed by atoms with Crippen LogP contribution in [0.25, 0.3) is 0 Å². The number of carbonyl (C=O) groups excluding carboxylic acids is 1. The van der Waals surface area contributed by atoms with Gasteiger partial charge in [-0.1, -0.05) is 26.8 Å². The molecule has 0 unspecified atom stereocenters. The summed E-state index contributed by atoms with van der Waals surface area (Å²) in [7, 11) is 3.54. The van der Waals surface area contributed by atoms with E-state index < -0.39 is 0 Å². The lowest BCUT2D eigenvalue weighted by Crippen LogP contribution is -2.31. The van der Waals surface area contributed by atoms with E-state index in [0.29, 0.717) is 40.9 Å². The third kappa shape index (κ3) is 6.11. The van der Waals surface area contributed by atoms with Crippen molar-refractivity contribution in [3.63, 3.8) is 0 Å². The number of aryl methyl sites for hydroxylation is 1. The molecule has 2 heterocycles. The van der Waals surface area contributed by atoms with Crippen LogP contribution in [0.2, 0.25) is 0 Å². The molecule has 0 aliphatic carbocycles. The van der Waals surface area contributed by atoms with Crippen molar-refractivity contribution in [2.75, 3.05) is 49.3 Å². The minimum absolute atomic E-state index is 0.0153. The number of carbonyl (C=O) groups is 1. The topological polar surface area (TPSA) is 118 Å². The van der Waals surface area contributed by atoms with Gasteiger partial charge in [0.1, 0.15) is 11.6 Å². The van der Waals surface area contributed by atoms with E-state index in [0.717, 1.165) is 25.1 Å². The van der Waals surface area contributed by atoms with Crippen molar-refractivity contribution in [1.82, 2.24) is 20.6 Å². The fraction of sp³-hybridized carbons (Fsp3) is 0.500. The Labute approximate surface area is 196 Å². The van der Waals surface area contributed by atoms with E-state index >= 15 is 0 Å². The summed E-state index contributed by atoms with van der Waals surface area (Å²) in [5.74, 6) is 1.27. The summed E-state index contributed by atoms with van der Waals surface area (Å²) in [6.07, 6.45) is 0.979. The van der Waals surface area contributed by atoms with Gasteiger partial charge in [-0.15, -0.1) is 0 Å². The second-order valence-electron chi connectivity index (χ2n) is 9.69. The zero-order chi connectivity index (χ0) is 24.2. The van der Waals surface area contributed by atoms with Crippen LogP contribution in [0.15, 0.2) is 18.2 Å². The Bertz CT molecular complexity index is 1050. The summed E-state index contributed by atoms with van der Waals surface area (Å²) in [4.78, 5) is 23.5. The van der Waals surface area contributed by atoms with E-state index in [9.17, 15) is 10.1 Å². The van der Waals surface area contributed by atoms with Crippen LogP contribution in [0.3, 0.4) is 0 Å². The molecule has 9 nitrogen and oxygen atoms in total. The van der Waals surface area contributed by atoms with Crippen LogP contribution >= 0.6 is 0 Å². The highest BCUT2D eigenvalue weighted by molar-refractivity contribution is 5.95. The van der Waals surface area contributed by atoms with E-state index in [1.54, 1.807) is 19.2 Å². The van der Waals surface area contributed by atoms with Gasteiger partial charge in [-0.25, -0.2) is 0 Å². The van der Waals surface area contributed by atoms with Crippen LogP contribution in [-0.4, -0.2) is 55.6 Å². The van der Waals surface area contributed by atoms with Gasteiger partial charge in [-0.3, -0.25) is 4.79 Å². The van der Waals surface area contributed by atoms with Crippen LogP contribution in [0.1, 0.15) is 48.7 Å². The lowest BCUT2D eigenvalue weighted by Gasteiger charge is -2.29. The maximum atomic E-state index is 12.1. The smallest absolute Gasteiger partial charge is 0.251 e. The molecule has 1 atom stereocenters. The highest BCUT2D eigenvalue weighted by atomic mass is 16.1. The lowest BCUT2D eigenvalue weighted by molar-refractivity contribution is 0.0963. The van der Waals surface area contributed by atoms with Crippen LogP contribution in [0.5, 0.6) is 0 Å². The van der Waals surface area contributed by atoms with Gasteiger partial charge in [-0.05, 0) is 43.0 Å². The molecule has 1 aliphatic heterocycles. The number of nitriles is 1. The number of benzene rings is 1. The fourth-order valence-electron chi connectivity index (χ4n) is 3.90. The maximum Gasteiger partial charge on any atom is 0.251 e. The number of anilines is 4. The third-order valence-corrected chi connectivity index (χ3v) is 5.45. The highest BCUT2D eigenvalue weighted by Gasteiger charge is 2.24. The summed E-state index contributed by atoms with van der Waals surface area (Å²) in [5, 5.41) is 22.7. The molecular weight excluding hydrogens is 416 g/mol. The van der Waals surface area contributed by atoms with Gasteiger partial charge in [0.2, 0.25) is 5.95 Å². The second kappa shape index (κ2) is 10.0. The monoisotopic (exact) mass is 450 g/mol. The first-order valence-electron chi connectivity index (χ1n) is 11.2. The Balaban J connectivity index is 2.06. The first kappa shape index (κ1) is 24.3. The summed E-state index contributed by atoms with van der Waals surface area (Å²) in [5.41, 5.74) is 2.55. The SMILES string of the molecule is CNC(=O)c1ccc(C)c(Nc2nc(N[C@@H]3CCNC3)nc(N(C)CC(C)(C)C)c2C#N)c1. The van der Waals surface area contributed by atoms with Crippen molar-refractivity contribution in [2.45, 2.75) is 40.2 Å². The first-order valence-corrected chi connectivity index (χ1v) is 11.2. The highest BCUT2D eigenvalue weighted by Crippen LogP contribution is 2.31. The van der Waals surface area contributed by atoms with Gasteiger partial charge >= 0.3 is 0 Å². The van der Waals surface area contributed by atoms with Crippen molar-refractivity contribution in [2.24, 2.45) is 5.41 Å². The summed E-state index contributed by atoms with van der Waals surface area (Å²) < 4.78 is 0. The minimum atomic E-state index is -0.178. The normalized spacial score (nSPS) is 15.6. The van der Waals surface area contributed by atoms with Gasteiger partial charge in [0.15, 0.2) is 11.6 Å². The van der Waals surface area contributed by atoms with Crippen molar-refractivity contribution >= 4 is 29.2 Å². The number of aromatic nitrogens is 2. The Morgan fingerprint density at radius 1 is 1.33 bits per heavy atom. The number of amides is 1. The molecule has 0 bridgehead atoms. The van der Waals surface area contributed by atoms with Crippen molar-refractivity contribution in [3.8, 4) is 6.07 Å². The average Bonchev–Trinajstić information content (AvgIpc) is 3.26. The average molecular weight is 451 g/mol. The summed E-state index contributed by atoms with van der Waals surface area (Å²) in [6.45, 7) is 10.9. The van der Waals surface area contributed by atoms with Gasteiger partial charge in [0.25, 0.3) is 5.91 Å². The molecule has 4 N–H and O–H groups in total. The van der Waals surface area contributed by atoms with Crippen molar-refractivity contribution < 1.29 is 4.79 Å². The van der Waals surface area contributed by atoms with Gasteiger partial charge in [-0.2, -0.15) is 15.2 Å². The molecule has 1 amide bonds. The van der Waals surface area contributed by atoms with Crippen LogP contribution in [-0.2, 0) is 0 Å². The van der Waals surface area contributed by atoms with Crippen molar-refractivity contribution in [3.05, 3.63) is 34.9 Å². The second-order valence-corrected chi connectivity index (χ2v) is 9.69. The molecule has 176 valence electrons. The van der Waals surface area contributed by atoms with Gasteiger partial charge < -0.3 is 26.2 Å². The minimum Gasteiger partial charge on any atom is -0.358 e. The molecule has 1 saturated heterocycles. The quantitative estimate of drug-likeness (QED) is 0.508. The first-order chi connectivity index (χ1) is 15.6. The Morgan fingerprint density at radius 2 is 2.09 bits per heavy atom. The van der Waals surface area contributed by atoms with Gasteiger partial charge in [0.05, 0.1) is 0 Å². The van der Waals surface area contributed by atoms with E-state index in [1.165, 1.54) is 0 Å². The fourth-order valence-corrected chi connectivity index (χ4v) is 3.90. The van der Waals surface area contributed by atoms with Crippen LogP contribution in [0.4, 0.5) is 23.3 Å². The van der Waals surface area contributed by atoms with E-state index in [4.69, 9.17) is 4.98 Å². The number of hydrogen-bond acceptors (Lipinski definition) is 8. The lowest BCUT2D eigenvalue weighted by atomic mass is 9.96. The van der Waals surface area contributed by atoms with Gasteiger partial charge in [0, 0.05) is 44.5 Å². The standard InChI is InChI=1S/C24H34N8O/c1-15-7-8-16(22(33)26-5)11-19(15)29-20-18(12-25)21(32(6)14-24(2,3)4)31-23(30-20)28-17-9-10-27-13-17/h7-8,11,17,27H,9-10,13-14H2,1-6H3,(H,26,33)(H2,28,29,30,31)/t17-/m1/s1. The Morgan fingerprint density at radius 3 is 2.70 bits per heavy atom. The number of nitrogens with one attached hydrogen (secondary N) is 4. The molecular formula is C24H34N8O. The van der Waals surface area contributed by atoms with E-state index in [-0.39, 0.29) is 17.4 Å². The molecule has 33 heavy (non-hydrogen) atoms. The van der Waals surface area contributed by atoms with Crippen LogP contribution < -0.4 is 26.2 Å². The number of nitrogens with zero attached hydrogens (tertiary/aromatic N) is 4. The molecule has 2 aromatic rings. The Kier molecular flexibility index (Phi) is 7.39. The molecule has 1 aromatic heterocycles. The largest absolute Gasteiger partial charge is 0.358 e. The third-order valence-electron chi connectivity index (χ3n) is 5.45. The maximum absolute atomic E-state index is 12.1. The molecule has 0 saturated carbocycles. The summed E-state index contributed by atoms with van der Waals surface area (Å²) >= 11 is 0.